The first kappa shape index (κ1) is 18.0. The maximum Gasteiger partial charge on any atom is 0.410 e. The van der Waals surface area contributed by atoms with Crippen LogP contribution in [-0.4, -0.2) is 52.0 Å². The molecule has 2 rings (SSSR count). The Labute approximate surface area is 137 Å². The summed E-state index contributed by atoms with van der Waals surface area (Å²) in [4.78, 5) is 25.8. The van der Waals surface area contributed by atoms with Crippen LogP contribution in [0.4, 0.5) is 4.79 Å². The van der Waals surface area contributed by atoms with Gasteiger partial charge in [0.1, 0.15) is 5.60 Å². The molecule has 0 spiro atoms. The van der Waals surface area contributed by atoms with Gasteiger partial charge >= 0.3 is 12.1 Å². The Morgan fingerprint density at radius 3 is 2.43 bits per heavy atom. The molecule has 0 radical (unpaired) electrons. The molecule has 0 aromatic rings. The van der Waals surface area contributed by atoms with E-state index in [1.54, 1.807) is 20.8 Å². The van der Waals surface area contributed by atoms with Crippen molar-refractivity contribution >= 4 is 12.1 Å². The van der Waals surface area contributed by atoms with Crippen molar-refractivity contribution in [1.29, 1.82) is 0 Å². The molecule has 6 heteroatoms. The van der Waals surface area contributed by atoms with Crippen molar-refractivity contribution in [3.63, 3.8) is 0 Å². The van der Waals surface area contributed by atoms with Gasteiger partial charge in [-0.3, -0.25) is 4.79 Å². The molecule has 0 bridgehead atoms. The smallest absolute Gasteiger partial charge is 0.410 e. The molecule has 2 N–H and O–H groups in total. The summed E-state index contributed by atoms with van der Waals surface area (Å²) in [7, 11) is 0. The van der Waals surface area contributed by atoms with Crippen LogP contribution in [0, 0.1) is 11.3 Å². The summed E-state index contributed by atoms with van der Waals surface area (Å²) in [5.41, 5.74) is -1.66. The molecule has 1 aliphatic heterocycles. The topological polar surface area (TPSA) is 87.1 Å². The second-order valence-corrected chi connectivity index (χ2v) is 7.93. The van der Waals surface area contributed by atoms with E-state index in [4.69, 9.17) is 4.74 Å². The molecule has 132 valence electrons. The highest BCUT2D eigenvalue weighted by Crippen LogP contribution is 2.45. The van der Waals surface area contributed by atoms with Crippen LogP contribution in [0.25, 0.3) is 0 Å². The Kier molecular flexibility index (Phi) is 5.23. The number of carbonyl (C=O) groups excluding carboxylic acids is 1. The third kappa shape index (κ3) is 3.97. The lowest BCUT2D eigenvalue weighted by atomic mass is 9.70. The van der Waals surface area contributed by atoms with E-state index in [0.717, 1.165) is 19.3 Å². The minimum atomic E-state index is -1.05. The average molecular weight is 327 g/mol. The Morgan fingerprint density at radius 1 is 1.17 bits per heavy atom. The van der Waals surface area contributed by atoms with Gasteiger partial charge in [-0.15, -0.1) is 0 Å². The highest BCUT2D eigenvalue weighted by molar-refractivity contribution is 5.78. The third-order valence-corrected chi connectivity index (χ3v) is 5.07. The predicted octanol–water partition coefficient (Wildman–Crippen LogP) is 2.64. The quantitative estimate of drug-likeness (QED) is 0.761. The van der Waals surface area contributed by atoms with Crippen LogP contribution >= 0.6 is 0 Å². The van der Waals surface area contributed by atoms with Crippen molar-refractivity contribution in [3.8, 4) is 0 Å². The van der Waals surface area contributed by atoms with Gasteiger partial charge in [0.15, 0.2) is 0 Å². The van der Waals surface area contributed by atoms with Crippen molar-refractivity contribution in [3.05, 3.63) is 0 Å². The van der Waals surface area contributed by atoms with Crippen molar-refractivity contribution in [2.45, 2.75) is 71.0 Å². The number of hydrogen-bond acceptors (Lipinski definition) is 4. The summed E-state index contributed by atoms with van der Waals surface area (Å²) in [5, 5.41) is 20.3. The van der Waals surface area contributed by atoms with Gasteiger partial charge in [0.05, 0.1) is 11.5 Å². The predicted molar refractivity (Wildman–Crippen MR) is 85.1 cm³/mol. The lowest BCUT2D eigenvalue weighted by Crippen LogP contribution is -2.47. The molecule has 6 nitrogen and oxygen atoms in total. The fourth-order valence-electron chi connectivity index (χ4n) is 3.88. The Hall–Kier alpha value is -1.30. The number of likely N-dealkylation sites (tertiary alicyclic amines) is 1. The number of ether oxygens (including phenoxy) is 1. The molecule has 1 saturated carbocycles. The number of nitrogens with zero attached hydrogens (tertiary/aromatic N) is 1. The van der Waals surface area contributed by atoms with Gasteiger partial charge in [0, 0.05) is 19.0 Å². The van der Waals surface area contributed by atoms with Gasteiger partial charge < -0.3 is 19.8 Å². The molecule has 2 aliphatic rings. The first-order valence-electron chi connectivity index (χ1n) is 8.55. The number of hydrogen-bond donors (Lipinski definition) is 2. The molecule has 1 heterocycles. The van der Waals surface area contributed by atoms with Gasteiger partial charge in [0.2, 0.25) is 0 Å². The van der Waals surface area contributed by atoms with Crippen molar-refractivity contribution in [1.82, 2.24) is 4.90 Å². The van der Waals surface area contributed by atoms with Crippen LogP contribution in [0.2, 0.25) is 0 Å². The number of carboxylic acids is 1. The third-order valence-electron chi connectivity index (χ3n) is 5.07. The first-order chi connectivity index (χ1) is 10.7. The fourth-order valence-corrected chi connectivity index (χ4v) is 3.88. The molecule has 1 amide bonds. The molecule has 2 fully saturated rings. The molecule has 1 aliphatic carbocycles. The number of carbonyl (C=O) groups is 2. The summed E-state index contributed by atoms with van der Waals surface area (Å²) < 4.78 is 5.37. The van der Waals surface area contributed by atoms with Crippen LogP contribution in [0.3, 0.4) is 0 Å². The molecule has 3 atom stereocenters. The van der Waals surface area contributed by atoms with Crippen molar-refractivity contribution in [2.75, 3.05) is 13.1 Å². The van der Waals surface area contributed by atoms with E-state index in [1.165, 1.54) is 4.90 Å². The van der Waals surface area contributed by atoms with E-state index in [0.29, 0.717) is 25.8 Å². The number of aliphatic hydroxyl groups excluding tert-OH is 1. The first-order valence-corrected chi connectivity index (χ1v) is 8.55. The number of amides is 1. The number of aliphatic hydroxyl groups is 1. The molecule has 1 saturated heterocycles. The maximum atomic E-state index is 12.3. The molecule has 3 unspecified atom stereocenters. The zero-order valence-corrected chi connectivity index (χ0v) is 14.4. The standard InChI is InChI=1S/C17H29NO5/c1-16(2,3)23-15(22)18-10-9-17(11-18,14(20)21)12-7-5-4-6-8-13(12)19/h12-13,19H,4-11H2,1-3H3,(H,20,21). The van der Waals surface area contributed by atoms with Crippen LogP contribution in [0.5, 0.6) is 0 Å². The molecular formula is C17H29NO5. The summed E-state index contributed by atoms with van der Waals surface area (Å²) in [5.74, 6) is -1.20. The zero-order chi connectivity index (χ0) is 17.3. The summed E-state index contributed by atoms with van der Waals surface area (Å²) in [6.07, 6.45) is 3.55. The van der Waals surface area contributed by atoms with E-state index in [-0.39, 0.29) is 12.5 Å². The van der Waals surface area contributed by atoms with E-state index in [9.17, 15) is 19.8 Å². The summed E-state index contributed by atoms with van der Waals surface area (Å²) in [6, 6.07) is 0. The second-order valence-electron chi connectivity index (χ2n) is 7.93. The van der Waals surface area contributed by atoms with Gasteiger partial charge in [0.25, 0.3) is 0 Å². The fraction of sp³-hybridized carbons (Fsp3) is 0.882. The largest absolute Gasteiger partial charge is 0.481 e. The van der Waals surface area contributed by atoms with E-state index < -0.39 is 29.2 Å². The Morgan fingerprint density at radius 2 is 1.83 bits per heavy atom. The molecule has 0 aromatic carbocycles. The summed E-state index contributed by atoms with van der Waals surface area (Å²) >= 11 is 0. The minimum absolute atomic E-state index is 0.124. The molecular weight excluding hydrogens is 298 g/mol. The van der Waals surface area contributed by atoms with Gasteiger partial charge in [-0.2, -0.15) is 0 Å². The minimum Gasteiger partial charge on any atom is -0.481 e. The SMILES string of the molecule is CC(C)(C)OC(=O)N1CCC(C(=O)O)(C2CCCCCC2O)C1. The van der Waals surface area contributed by atoms with Crippen LogP contribution < -0.4 is 0 Å². The number of carboxylic acid groups (broad SMARTS) is 1. The normalized spacial score (nSPS) is 32.4. The lowest BCUT2D eigenvalue weighted by Gasteiger charge is -2.36. The van der Waals surface area contributed by atoms with Gasteiger partial charge in [-0.1, -0.05) is 19.3 Å². The van der Waals surface area contributed by atoms with Crippen LogP contribution in [0.1, 0.15) is 59.3 Å². The van der Waals surface area contributed by atoms with Crippen molar-refractivity contribution < 1.29 is 24.5 Å². The van der Waals surface area contributed by atoms with Crippen LogP contribution in [0.15, 0.2) is 0 Å². The van der Waals surface area contributed by atoms with Gasteiger partial charge in [-0.25, -0.2) is 4.79 Å². The highest BCUT2D eigenvalue weighted by atomic mass is 16.6. The monoisotopic (exact) mass is 327 g/mol. The van der Waals surface area contributed by atoms with Crippen LogP contribution in [-0.2, 0) is 9.53 Å². The molecule has 0 aromatic heterocycles. The number of aliphatic carboxylic acids is 1. The highest BCUT2D eigenvalue weighted by Gasteiger charge is 2.54. The Bertz CT molecular complexity index is 458. The lowest BCUT2D eigenvalue weighted by molar-refractivity contribution is -0.155. The van der Waals surface area contributed by atoms with E-state index >= 15 is 0 Å². The maximum absolute atomic E-state index is 12.3. The van der Waals surface area contributed by atoms with E-state index in [1.807, 2.05) is 0 Å². The summed E-state index contributed by atoms with van der Waals surface area (Å²) in [6.45, 7) is 5.87. The van der Waals surface area contributed by atoms with Crippen molar-refractivity contribution in [2.24, 2.45) is 11.3 Å². The van der Waals surface area contributed by atoms with E-state index in [2.05, 4.69) is 0 Å². The second kappa shape index (κ2) is 6.67. The average Bonchev–Trinajstić information content (AvgIpc) is 2.76. The zero-order valence-electron chi connectivity index (χ0n) is 14.4. The molecule has 23 heavy (non-hydrogen) atoms. The number of rotatable bonds is 2. The van der Waals surface area contributed by atoms with Gasteiger partial charge in [-0.05, 0) is 40.0 Å². The Balaban J connectivity index is 2.16.